The molecule has 3 rings (SSSR count). The van der Waals surface area contributed by atoms with Crippen molar-refractivity contribution < 1.29 is 9.13 Å². The van der Waals surface area contributed by atoms with Crippen molar-refractivity contribution in [3.63, 3.8) is 0 Å². The Morgan fingerprint density at radius 2 is 2.29 bits per heavy atom. The van der Waals surface area contributed by atoms with Crippen LogP contribution in [-0.2, 0) is 0 Å². The highest BCUT2D eigenvalue weighted by atomic mass is 32.2. The second-order valence-electron chi connectivity index (χ2n) is 5.70. The number of rotatable bonds is 3. The number of hydrogen-bond donors (Lipinski definition) is 1. The van der Waals surface area contributed by atoms with Gasteiger partial charge in [-0.15, -0.1) is 0 Å². The van der Waals surface area contributed by atoms with E-state index in [4.69, 9.17) is 17.0 Å². The van der Waals surface area contributed by atoms with Gasteiger partial charge in [-0.3, -0.25) is 0 Å². The molecule has 1 N–H and O–H groups in total. The number of nitrogens with zero attached hydrogens (tertiary/aromatic N) is 1. The fourth-order valence-corrected chi connectivity index (χ4v) is 3.94. The van der Waals surface area contributed by atoms with Crippen molar-refractivity contribution >= 4 is 29.1 Å². The Hall–Kier alpha value is -1.01. The van der Waals surface area contributed by atoms with Crippen LogP contribution in [0.1, 0.15) is 25.5 Å². The molecule has 2 heterocycles. The van der Waals surface area contributed by atoms with Crippen LogP contribution in [0.25, 0.3) is 0 Å². The number of ether oxygens (including phenoxy) is 1. The number of halogens is 1. The van der Waals surface area contributed by atoms with E-state index in [1.54, 1.807) is 23.9 Å². The molecule has 3 nitrogen and oxygen atoms in total. The predicted octanol–water partition coefficient (Wildman–Crippen LogP) is 3.16. The third-order valence-electron chi connectivity index (χ3n) is 4.55. The average molecular weight is 326 g/mol. The molecule has 1 fully saturated rings. The first-order chi connectivity index (χ1) is 9.97. The lowest BCUT2D eigenvalue weighted by Gasteiger charge is -2.56. The minimum Gasteiger partial charge on any atom is -0.467 e. The minimum atomic E-state index is -0.493. The van der Waals surface area contributed by atoms with Crippen LogP contribution in [0.5, 0.6) is 5.75 Å². The Labute approximate surface area is 134 Å². The number of hydrogen-bond acceptors (Lipinski definition) is 3. The Bertz CT molecular complexity index is 583. The Kier molecular flexibility index (Phi) is 3.78. The quantitative estimate of drug-likeness (QED) is 0.860. The topological polar surface area (TPSA) is 24.5 Å². The van der Waals surface area contributed by atoms with Crippen LogP contribution in [0.15, 0.2) is 18.2 Å². The van der Waals surface area contributed by atoms with Crippen molar-refractivity contribution in [2.75, 3.05) is 18.6 Å². The van der Waals surface area contributed by atoms with E-state index < -0.39 is 5.72 Å². The van der Waals surface area contributed by atoms with Crippen molar-refractivity contribution in [3.05, 3.63) is 29.6 Å². The van der Waals surface area contributed by atoms with E-state index in [1.165, 1.54) is 6.07 Å². The van der Waals surface area contributed by atoms with Gasteiger partial charge in [-0.2, -0.15) is 11.8 Å². The van der Waals surface area contributed by atoms with Gasteiger partial charge in [0.25, 0.3) is 0 Å². The van der Waals surface area contributed by atoms with Gasteiger partial charge in [0, 0.05) is 23.8 Å². The van der Waals surface area contributed by atoms with Crippen molar-refractivity contribution in [2.45, 2.75) is 25.6 Å². The first-order valence-electron chi connectivity index (χ1n) is 7.03. The van der Waals surface area contributed by atoms with E-state index >= 15 is 0 Å². The fourth-order valence-electron chi connectivity index (χ4n) is 3.17. The summed E-state index contributed by atoms with van der Waals surface area (Å²) in [5, 5.41) is 4.05. The van der Waals surface area contributed by atoms with E-state index in [2.05, 4.69) is 30.3 Å². The van der Waals surface area contributed by atoms with Gasteiger partial charge in [-0.05, 0) is 43.6 Å². The van der Waals surface area contributed by atoms with Gasteiger partial charge in [-0.25, -0.2) is 4.39 Å². The molecule has 114 valence electrons. The summed E-state index contributed by atoms with van der Waals surface area (Å²) in [6, 6.07) is 4.69. The van der Waals surface area contributed by atoms with Gasteiger partial charge in [0.1, 0.15) is 11.6 Å². The number of fused-ring (bicyclic) bond motifs is 4. The molecule has 0 aromatic heterocycles. The van der Waals surface area contributed by atoms with E-state index in [9.17, 15) is 4.39 Å². The van der Waals surface area contributed by atoms with Crippen LogP contribution in [0.2, 0.25) is 0 Å². The van der Waals surface area contributed by atoms with Gasteiger partial charge < -0.3 is 15.0 Å². The normalized spacial score (nSPS) is 30.5. The summed E-state index contributed by atoms with van der Waals surface area (Å²) in [7, 11) is 0. The largest absolute Gasteiger partial charge is 0.467 e. The van der Waals surface area contributed by atoms with Gasteiger partial charge in [0.05, 0.1) is 6.04 Å². The van der Waals surface area contributed by atoms with Crippen LogP contribution in [0, 0.1) is 11.7 Å². The van der Waals surface area contributed by atoms with Crippen LogP contribution in [-0.4, -0.2) is 34.3 Å². The monoisotopic (exact) mass is 326 g/mol. The SMILES string of the molecule is CSCCN1C(=S)NC2c3cc(F)ccc3OC1(C)C2C. The second-order valence-corrected chi connectivity index (χ2v) is 7.07. The van der Waals surface area contributed by atoms with E-state index in [0.717, 1.165) is 23.6 Å². The molecule has 0 radical (unpaired) electrons. The summed E-state index contributed by atoms with van der Waals surface area (Å²) in [6.45, 7) is 5.03. The zero-order chi connectivity index (χ0) is 15.2. The summed E-state index contributed by atoms with van der Waals surface area (Å²) in [5.74, 6) is 1.64. The molecule has 2 aliphatic rings. The summed E-state index contributed by atoms with van der Waals surface area (Å²) in [5.41, 5.74) is 0.361. The molecule has 1 aromatic carbocycles. The molecule has 1 aromatic rings. The summed E-state index contributed by atoms with van der Waals surface area (Å²) < 4.78 is 19.8. The molecule has 2 aliphatic heterocycles. The van der Waals surface area contributed by atoms with Gasteiger partial charge in [-0.1, -0.05) is 6.92 Å². The third-order valence-corrected chi connectivity index (χ3v) is 5.48. The smallest absolute Gasteiger partial charge is 0.186 e. The fraction of sp³-hybridized carbons (Fsp3) is 0.533. The lowest BCUT2D eigenvalue weighted by molar-refractivity contribution is -0.108. The summed E-state index contributed by atoms with van der Waals surface area (Å²) in [4.78, 5) is 2.12. The second kappa shape index (κ2) is 5.32. The van der Waals surface area contributed by atoms with Crippen LogP contribution < -0.4 is 10.1 Å². The average Bonchev–Trinajstić information content (AvgIpc) is 2.44. The lowest BCUT2D eigenvalue weighted by atomic mass is 9.81. The maximum absolute atomic E-state index is 13.6. The van der Waals surface area contributed by atoms with Crippen LogP contribution >= 0.6 is 24.0 Å². The number of thioether (sulfide) groups is 1. The van der Waals surface area contributed by atoms with Crippen molar-refractivity contribution in [2.24, 2.45) is 5.92 Å². The van der Waals surface area contributed by atoms with Crippen molar-refractivity contribution in [1.29, 1.82) is 0 Å². The molecular formula is C15H19FN2OS2. The Morgan fingerprint density at radius 3 is 3.00 bits per heavy atom. The summed E-state index contributed by atoms with van der Waals surface area (Å²) in [6.07, 6.45) is 2.08. The highest BCUT2D eigenvalue weighted by Gasteiger charge is 2.52. The van der Waals surface area contributed by atoms with E-state index in [0.29, 0.717) is 5.11 Å². The molecular weight excluding hydrogens is 307 g/mol. The predicted molar refractivity (Wildman–Crippen MR) is 88.2 cm³/mol. The third kappa shape index (κ3) is 2.28. The Balaban J connectivity index is 2.03. The van der Waals surface area contributed by atoms with Crippen LogP contribution in [0.4, 0.5) is 4.39 Å². The zero-order valence-corrected chi connectivity index (χ0v) is 14.0. The van der Waals surface area contributed by atoms with Gasteiger partial charge in [0.15, 0.2) is 10.8 Å². The highest BCUT2D eigenvalue weighted by Crippen LogP contribution is 2.47. The van der Waals surface area contributed by atoms with E-state index in [1.807, 2.05) is 0 Å². The zero-order valence-electron chi connectivity index (χ0n) is 12.4. The highest BCUT2D eigenvalue weighted by molar-refractivity contribution is 7.98. The molecule has 6 heteroatoms. The Morgan fingerprint density at radius 1 is 1.52 bits per heavy atom. The maximum atomic E-state index is 13.6. The first-order valence-corrected chi connectivity index (χ1v) is 8.83. The maximum Gasteiger partial charge on any atom is 0.186 e. The lowest BCUT2D eigenvalue weighted by Crippen LogP contribution is -2.69. The number of thiocarbonyl (C=S) groups is 1. The standard InChI is InChI=1S/C15H19FN2OS2/c1-9-13-11-8-10(16)4-5-12(11)19-15(9,2)18(6-7-21-3)14(20)17-13/h4-5,8-9,13H,6-7H2,1-3H3,(H,17,20). The molecule has 0 saturated carbocycles. The first kappa shape index (κ1) is 14.9. The van der Waals surface area contributed by atoms with Crippen molar-refractivity contribution in [1.82, 2.24) is 10.2 Å². The number of benzene rings is 1. The van der Waals surface area contributed by atoms with Gasteiger partial charge in [0.2, 0.25) is 0 Å². The van der Waals surface area contributed by atoms with E-state index in [-0.39, 0.29) is 17.8 Å². The molecule has 0 aliphatic carbocycles. The summed E-state index contributed by atoms with van der Waals surface area (Å²) >= 11 is 7.30. The van der Waals surface area contributed by atoms with Gasteiger partial charge >= 0.3 is 0 Å². The van der Waals surface area contributed by atoms with Crippen LogP contribution in [0.3, 0.4) is 0 Å². The molecule has 2 bridgehead atoms. The molecule has 1 saturated heterocycles. The van der Waals surface area contributed by atoms with Crippen molar-refractivity contribution in [3.8, 4) is 5.75 Å². The molecule has 0 spiro atoms. The molecule has 3 atom stereocenters. The molecule has 21 heavy (non-hydrogen) atoms. The minimum absolute atomic E-state index is 0.00696. The number of nitrogens with one attached hydrogen (secondary N) is 1. The molecule has 3 unspecified atom stereocenters. The molecule has 0 amide bonds.